The topological polar surface area (TPSA) is 65.4 Å². The van der Waals surface area contributed by atoms with E-state index < -0.39 is 0 Å². The number of fused-ring (bicyclic) bond motifs is 1. The standard InChI is InChI=1S/C18H21N3O3/c1-3-13(2)21-17(8-9-19-21)20-18(22)7-5-14-4-6-15-16(12-14)24-11-10-23-15/h4-9,12-13H,3,10-11H2,1-2H3,(H,20,22). The molecule has 2 aromatic rings. The molecule has 0 fully saturated rings. The second kappa shape index (κ2) is 7.21. The fourth-order valence-corrected chi connectivity index (χ4v) is 2.44. The zero-order valence-electron chi connectivity index (χ0n) is 13.9. The van der Waals surface area contributed by atoms with E-state index in [0.717, 1.165) is 17.7 Å². The van der Waals surface area contributed by atoms with Crippen LogP contribution >= 0.6 is 0 Å². The molecule has 1 amide bonds. The van der Waals surface area contributed by atoms with Gasteiger partial charge in [-0.3, -0.25) is 4.79 Å². The number of hydrogen-bond donors (Lipinski definition) is 1. The van der Waals surface area contributed by atoms with Gasteiger partial charge in [0, 0.05) is 12.1 Å². The summed E-state index contributed by atoms with van der Waals surface area (Å²) < 4.78 is 12.8. The van der Waals surface area contributed by atoms with Crippen LogP contribution in [0, 0.1) is 0 Å². The molecule has 1 aliphatic rings. The molecule has 0 saturated heterocycles. The molecular weight excluding hydrogens is 306 g/mol. The summed E-state index contributed by atoms with van der Waals surface area (Å²) in [5.41, 5.74) is 0.879. The van der Waals surface area contributed by atoms with E-state index in [2.05, 4.69) is 24.3 Å². The van der Waals surface area contributed by atoms with Gasteiger partial charge in [0.1, 0.15) is 19.0 Å². The average Bonchev–Trinajstić information content (AvgIpc) is 3.07. The summed E-state index contributed by atoms with van der Waals surface area (Å²) >= 11 is 0. The summed E-state index contributed by atoms with van der Waals surface area (Å²) in [6.45, 7) is 5.25. The van der Waals surface area contributed by atoms with Crippen LogP contribution in [0.5, 0.6) is 11.5 Å². The molecule has 3 rings (SSSR count). The van der Waals surface area contributed by atoms with Crippen LogP contribution in [0.15, 0.2) is 36.5 Å². The highest BCUT2D eigenvalue weighted by atomic mass is 16.6. The van der Waals surface area contributed by atoms with Crippen molar-refractivity contribution in [3.63, 3.8) is 0 Å². The van der Waals surface area contributed by atoms with Gasteiger partial charge >= 0.3 is 0 Å². The third kappa shape index (κ3) is 3.59. The highest BCUT2D eigenvalue weighted by Crippen LogP contribution is 2.31. The lowest BCUT2D eigenvalue weighted by Gasteiger charge is -2.18. The lowest BCUT2D eigenvalue weighted by molar-refractivity contribution is -0.111. The van der Waals surface area contributed by atoms with Gasteiger partial charge in [-0.2, -0.15) is 5.10 Å². The fourth-order valence-electron chi connectivity index (χ4n) is 2.44. The van der Waals surface area contributed by atoms with Crippen molar-refractivity contribution in [2.45, 2.75) is 26.3 Å². The minimum absolute atomic E-state index is 0.199. The number of ether oxygens (including phenoxy) is 2. The molecular formula is C18H21N3O3. The number of amides is 1. The van der Waals surface area contributed by atoms with Gasteiger partial charge < -0.3 is 14.8 Å². The highest BCUT2D eigenvalue weighted by Gasteiger charge is 2.12. The Hall–Kier alpha value is -2.76. The number of nitrogens with zero attached hydrogens (tertiary/aromatic N) is 2. The van der Waals surface area contributed by atoms with E-state index in [9.17, 15) is 4.79 Å². The first-order valence-electron chi connectivity index (χ1n) is 8.09. The molecule has 126 valence electrons. The molecule has 0 aliphatic carbocycles. The maximum absolute atomic E-state index is 12.1. The molecule has 6 heteroatoms. The fraction of sp³-hybridized carbons (Fsp3) is 0.333. The van der Waals surface area contributed by atoms with Gasteiger partial charge in [0.25, 0.3) is 0 Å². The van der Waals surface area contributed by atoms with Crippen molar-refractivity contribution in [1.82, 2.24) is 9.78 Å². The Morgan fingerprint density at radius 1 is 1.33 bits per heavy atom. The molecule has 1 N–H and O–H groups in total. The molecule has 6 nitrogen and oxygen atoms in total. The van der Waals surface area contributed by atoms with E-state index >= 15 is 0 Å². The zero-order chi connectivity index (χ0) is 16.9. The molecule has 0 saturated carbocycles. The Kier molecular flexibility index (Phi) is 4.84. The van der Waals surface area contributed by atoms with Crippen molar-refractivity contribution in [3.8, 4) is 11.5 Å². The molecule has 1 atom stereocenters. The molecule has 1 aliphatic heterocycles. The number of benzene rings is 1. The maximum Gasteiger partial charge on any atom is 0.249 e. The normalized spacial score (nSPS) is 14.6. The van der Waals surface area contributed by atoms with Crippen molar-refractivity contribution >= 4 is 17.8 Å². The van der Waals surface area contributed by atoms with E-state index in [0.29, 0.717) is 24.8 Å². The second-order valence-electron chi connectivity index (χ2n) is 5.64. The number of hydrogen-bond acceptors (Lipinski definition) is 4. The molecule has 1 aromatic heterocycles. The summed E-state index contributed by atoms with van der Waals surface area (Å²) in [7, 11) is 0. The Bertz CT molecular complexity index is 752. The van der Waals surface area contributed by atoms with Gasteiger partial charge in [-0.25, -0.2) is 4.68 Å². The number of carbonyl (C=O) groups is 1. The first kappa shape index (κ1) is 16.1. The van der Waals surface area contributed by atoms with Gasteiger partial charge in [0.05, 0.1) is 12.2 Å². The van der Waals surface area contributed by atoms with Crippen molar-refractivity contribution in [2.75, 3.05) is 18.5 Å². The van der Waals surface area contributed by atoms with Crippen LogP contribution in [0.3, 0.4) is 0 Å². The zero-order valence-corrected chi connectivity index (χ0v) is 13.9. The molecule has 0 radical (unpaired) electrons. The van der Waals surface area contributed by atoms with Crippen molar-refractivity contribution < 1.29 is 14.3 Å². The SMILES string of the molecule is CCC(C)n1nccc1NC(=O)C=Cc1ccc2c(c1)OCCO2. The second-order valence-corrected chi connectivity index (χ2v) is 5.64. The number of aromatic nitrogens is 2. The summed E-state index contributed by atoms with van der Waals surface area (Å²) in [4.78, 5) is 12.1. The van der Waals surface area contributed by atoms with E-state index in [4.69, 9.17) is 9.47 Å². The molecule has 1 aromatic carbocycles. The number of rotatable bonds is 5. The van der Waals surface area contributed by atoms with Crippen LogP contribution in [0.25, 0.3) is 6.08 Å². The highest BCUT2D eigenvalue weighted by molar-refractivity contribution is 6.01. The van der Waals surface area contributed by atoms with Crippen LogP contribution in [-0.4, -0.2) is 28.9 Å². The smallest absolute Gasteiger partial charge is 0.249 e. The number of anilines is 1. The predicted molar refractivity (Wildman–Crippen MR) is 92.3 cm³/mol. The van der Waals surface area contributed by atoms with E-state index in [1.807, 2.05) is 22.9 Å². The third-order valence-corrected chi connectivity index (χ3v) is 3.92. The summed E-state index contributed by atoms with van der Waals surface area (Å²) in [5, 5.41) is 7.11. The molecule has 24 heavy (non-hydrogen) atoms. The van der Waals surface area contributed by atoms with E-state index in [1.54, 1.807) is 18.3 Å². The lowest BCUT2D eigenvalue weighted by atomic mass is 10.2. The van der Waals surface area contributed by atoms with E-state index in [1.165, 1.54) is 6.08 Å². The van der Waals surface area contributed by atoms with Crippen molar-refractivity contribution in [2.24, 2.45) is 0 Å². The van der Waals surface area contributed by atoms with Gasteiger partial charge in [0.2, 0.25) is 5.91 Å². The van der Waals surface area contributed by atoms with Gasteiger partial charge in [0.15, 0.2) is 11.5 Å². The third-order valence-electron chi connectivity index (χ3n) is 3.92. The molecule has 0 spiro atoms. The maximum atomic E-state index is 12.1. The summed E-state index contributed by atoms with van der Waals surface area (Å²) in [6.07, 6.45) is 5.88. The Morgan fingerprint density at radius 3 is 2.92 bits per heavy atom. The Morgan fingerprint density at radius 2 is 2.12 bits per heavy atom. The molecule has 2 heterocycles. The van der Waals surface area contributed by atoms with Crippen LogP contribution in [-0.2, 0) is 4.79 Å². The van der Waals surface area contributed by atoms with Gasteiger partial charge in [-0.15, -0.1) is 0 Å². The Labute approximate surface area is 141 Å². The number of nitrogens with one attached hydrogen (secondary N) is 1. The van der Waals surface area contributed by atoms with Gasteiger partial charge in [-0.1, -0.05) is 13.0 Å². The minimum atomic E-state index is -0.199. The average molecular weight is 327 g/mol. The Balaban J connectivity index is 1.67. The van der Waals surface area contributed by atoms with Crippen LogP contribution in [0.4, 0.5) is 5.82 Å². The van der Waals surface area contributed by atoms with Gasteiger partial charge in [-0.05, 0) is 37.1 Å². The molecule has 0 bridgehead atoms. The largest absolute Gasteiger partial charge is 0.486 e. The van der Waals surface area contributed by atoms with Crippen molar-refractivity contribution in [3.05, 3.63) is 42.1 Å². The van der Waals surface area contributed by atoms with Crippen LogP contribution in [0.1, 0.15) is 31.9 Å². The predicted octanol–water partition coefficient (Wildman–Crippen LogP) is 3.28. The first-order valence-corrected chi connectivity index (χ1v) is 8.09. The number of carbonyl (C=O) groups excluding carboxylic acids is 1. The minimum Gasteiger partial charge on any atom is -0.486 e. The van der Waals surface area contributed by atoms with Crippen LogP contribution < -0.4 is 14.8 Å². The first-order chi connectivity index (χ1) is 11.7. The monoisotopic (exact) mass is 327 g/mol. The van der Waals surface area contributed by atoms with Crippen LogP contribution in [0.2, 0.25) is 0 Å². The van der Waals surface area contributed by atoms with E-state index in [-0.39, 0.29) is 11.9 Å². The summed E-state index contributed by atoms with van der Waals surface area (Å²) in [6, 6.07) is 7.63. The van der Waals surface area contributed by atoms with Crippen molar-refractivity contribution in [1.29, 1.82) is 0 Å². The lowest BCUT2D eigenvalue weighted by Crippen LogP contribution is -2.15. The quantitative estimate of drug-likeness (QED) is 0.856. The molecule has 1 unspecified atom stereocenters. The summed E-state index contributed by atoms with van der Waals surface area (Å²) in [5.74, 6) is 1.94.